The zero-order valence-electron chi connectivity index (χ0n) is 7.91. The Morgan fingerprint density at radius 3 is 2.57 bits per heavy atom. The number of ether oxygens (including phenoxy) is 1. The van der Waals surface area contributed by atoms with Crippen LogP contribution in [0.4, 0.5) is 4.39 Å². The van der Waals surface area contributed by atoms with Crippen LogP contribution in [0.15, 0.2) is 24.3 Å². The average molecular weight is 196 g/mol. The molecule has 0 heterocycles. The van der Waals surface area contributed by atoms with E-state index < -0.39 is 0 Å². The number of unbranched alkanes of at least 4 members (excludes halogenated alkanes) is 2. The monoisotopic (exact) mass is 196 g/mol. The third-order valence-corrected chi connectivity index (χ3v) is 1.80. The Morgan fingerprint density at radius 2 is 1.93 bits per heavy atom. The molecule has 0 spiro atoms. The SMILES string of the molecule is O=CCCCCOc1ccc(F)cc1. The second kappa shape index (κ2) is 6.13. The zero-order valence-corrected chi connectivity index (χ0v) is 7.91. The molecular formula is C11H13FO2. The molecular weight excluding hydrogens is 183 g/mol. The van der Waals surface area contributed by atoms with E-state index in [1.54, 1.807) is 12.1 Å². The third kappa shape index (κ3) is 4.03. The molecule has 76 valence electrons. The molecule has 0 aromatic heterocycles. The maximum Gasteiger partial charge on any atom is 0.123 e. The lowest BCUT2D eigenvalue weighted by Gasteiger charge is -2.04. The minimum absolute atomic E-state index is 0.265. The van der Waals surface area contributed by atoms with E-state index in [-0.39, 0.29) is 5.82 Å². The lowest BCUT2D eigenvalue weighted by Crippen LogP contribution is -1.97. The quantitative estimate of drug-likeness (QED) is 0.516. The van der Waals surface area contributed by atoms with Gasteiger partial charge in [-0.3, -0.25) is 0 Å². The van der Waals surface area contributed by atoms with Crippen LogP contribution in [-0.2, 0) is 4.79 Å². The molecule has 0 bridgehead atoms. The molecule has 0 N–H and O–H groups in total. The van der Waals surface area contributed by atoms with E-state index in [1.807, 2.05) is 0 Å². The molecule has 1 aromatic carbocycles. The standard InChI is InChI=1S/C11H13FO2/c12-10-4-6-11(7-5-10)14-9-3-1-2-8-13/h4-8H,1-3,9H2. The molecule has 0 amide bonds. The molecule has 0 aliphatic carbocycles. The summed E-state index contributed by atoms with van der Waals surface area (Å²) in [7, 11) is 0. The molecule has 0 aliphatic rings. The predicted octanol–water partition coefficient (Wildman–Crippen LogP) is 2.57. The summed E-state index contributed by atoms with van der Waals surface area (Å²) in [5, 5.41) is 0. The van der Waals surface area contributed by atoms with Gasteiger partial charge in [0.1, 0.15) is 17.9 Å². The van der Waals surface area contributed by atoms with Crippen molar-refractivity contribution in [2.24, 2.45) is 0 Å². The molecule has 0 radical (unpaired) electrons. The molecule has 0 saturated heterocycles. The number of benzene rings is 1. The fourth-order valence-electron chi connectivity index (χ4n) is 1.05. The van der Waals surface area contributed by atoms with Gasteiger partial charge in [-0.25, -0.2) is 4.39 Å². The van der Waals surface area contributed by atoms with Crippen molar-refractivity contribution in [2.75, 3.05) is 6.61 Å². The first-order chi connectivity index (χ1) is 6.83. The number of carbonyl (C=O) groups is 1. The van der Waals surface area contributed by atoms with Gasteiger partial charge in [0, 0.05) is 6.42 Å². The molecule has 0 atom stereocenters. The Labute approximate surface area is 82.7 Å². The van der Waals surface area contributed by atoms with E-state index in [9.17, 15) is 9.18 Å². The molecule has 1 rings (SSSR count). The predicted molar refractivity (Wildman–Crippen MR) is 51.8 cm³/mol. The van der Waals surface area contributed by atoms with Gasteiger partial charge >= 0.3 is 0 Å². The first-order valence-electron chi connectivity index (χ1n) is 4.65. The van der Waals surface area contributed by atoms with Crippen LogP contribution in [0.5, 0.6) is 5.75 Å². The van der Waals surface area contributed by atoms with Crippen molar-refractivity contribution >= 4 is 6.29 Å². The van der Waals surface area contributed by atoms with Gasteiger partial charge in [0.05, 0.1) is 6.61 Å². The highest BCUT2D eigenvalue weighted by Gasteiger charge is 1.94. The number of rotatable bonds is 6. The van der Waals surface area contributed by atoms with Crippen molar-refractivity contribution in [3.05, 3.63) is 30.1 Å². The summed E-state index contributed by atoms with van der Waals surface area (Å²) in [6.45, 7) is 0.569. The van der Waals surface area contributed by atoms with Crippen molar-refractivity contribution < 1.29 is 13.9 Å². The Hall–Kier alpha value is -1.38. The van der Waals surface area contributed by atoms with Crippen LogP contribution in [0.2, 0.25) is 0 Å². The first-order valence-corrected chi connectivity index (χ1v) is 4.65. The van der Waals surface area contributed by atoms with Crippen LogP contribution in [0.3, 0.4) is 0 Å². The Bertz CT molecular complexity index is 269. The van der Waals surface area contributed by atoms with Crippen LogP contribution in [-0.4, -0.2) is 12.9 Å². The van der Waals surface area contributed by atoms with Crippen molar-refractivity contribution in [2.45, 2.75) is 19.3 Å². The van der Waals surface area contributed by atoms with Gasteiger partial charge in [0.25, 0.3) is 0 Å². The lowest BCUT2D eigenvalue weighted by atomic mass is 10.2. The first kappa shape index (κ1) is 10.7. The number of carbonyl (C=O) groups excluding carboxylic acids is 1. The van der Waals surface area contributed by atoms with Crippen LogP contribution < -0.4 is 4.74 Å². The zero-order chi connectivity index (χ0) is 10.2. The number of hydrogen-bond acceptors (Lipinski definition) is 2. The maximum atomic E-state index is 12.5. The van der Waals surface area contributed by atoms with E-state index in [2.05, 4.69) is 0 Å². The van der Waals surface area contributed by atoms with Gasteiger partial charge in [-0.05, 0) is 37.1 Å². The molecule has 1 aromatic rings. The molecule has 14 heavy (non-hydrogen) atoms. The van der Waals surface area contributed by atoms with Crippen LogP contribution >= 0.6 is 0 Å². The molecule has 2 nitrogen and oxygen atoms in total. The number of halogens is 1. The highest BCUT2D eigenvalue weighted by atomic mass is 19.1. The largest absolute Gasteiger partial charge is 0.494 e. The summed E-state index contributed by atoms with van der Waals surface area (Å²) in [5.74, 6) is 0.399. The van der Waals surface area contributed by atoms with Gasteiger partial charge in [0.2, 0.25) is 0 Å². The van der Waals surface area contributed by atoms with Gasteiger partial charge in [-0.2, -0.15) is 0 Å². The lowest BCUT2D eigenvalue weighted by molar-refractivity contribution is -0.107. The van der Waals surface area contributed by atoms with Crippen LogP contribution in [0, 0.1) is 5.82 Å². The smallest absolute Gasteiger partial charge is 0.123 e. The van der Waals surface area contributed by atoms with Gasteiger partial charge < -0.3 is 9.53 Å². The van der Waals surface area contributed by atoms with Crippen LogP contribution in [0.25, 0.3) is 0 Å². The molecule has 0 unspecified atom stereocenters. The third-order valence-electron chi connectivity index (χ3n) is 1.80. The summed E-state index contributed by atoms with van der Waals surface area (Å²) in [5.41, 5.74) is 0. The molecule has 0 aliphatic heterocycles. The fraction of sp³-hybridized carbons (Fsp3) is 0.364. The second-order valence-electron chi connectivity index (χ2n) is 2.96. The topological polar surface area (TPSA) is 26.3 Å². The summed E-state index contributed by atoms with van der Waals surface area (Å²) < 4.78 is 17.8. The van der Waals surface area contributed by atoms with E-state index in [4.69, 9.17) is 4.74 Å². The molecule has 0 fully saturated rings. The Kier molecular flexibility index (Phi) is 4.69. The number of aldehydes is 1. The highest BCUT2D eigenvalue weighted by molar-refractivity contribution is 5.48. The van der Waals surface area contributed by atoms with Crippen molar-refractivity contribution in [1.82, 2.24) is 0 Å². The fourth-order valence-corrected chi connectivity index (χ4v) is 1.05. The summed E-state index contributed by atoms with van der Waals surface area (Å²) in [6, 6.07) is 5.91. The van der Waals surface area contributed by atoms with Gasteiger partial charge in [-0.15, -0.1) is 0 Å². The Morgan fingerprint density at radius 1 is 1.21 bits per heavy atom. The average Bonchev–Trinajstić information content (AvgIpc) is 2.21. The summed E-state index contributed by atoms with van der Waals surface area (Å²) >= 11 is 0. The molecule has 0 saturated carbocycles. The van der Waals surface area contributed by atoms with E-state index in [0.29, 0.717) is 18.8 Å². The Balaban J connectivity index is 2.18. The van der Waals surface area contributed by atoms with Crippen molar-refractivity contribution in [1.29, 1.82) is 0 Å². The second-order valence-corrected chi connectivity index (χ2v) is 2.96. The van der Waals surface area contributed by atoms with Crippen molar-refractivity contribution in [3.8, 4) is 5.75 Å². The minimum Gasteiger partial charge on any atom is -0.494 e. The number of hydrogen-bond donors (Lipinski definition) is 0. The normalized spacial score (nSPS) is 9.79. The van der Waals surface area contributed by atoms with Gasteiger partial charge in [0.15, 0.2) is 0 Å². The highest BCUT2D eigenvalue weighted by Crippen LogP contribution is 2.11. The van der Waals surface area contributed by atoms with Crippen molar-refractivity contribution in [3.63, 3.8) is 0 Å². The van der Waals surface area contributed by atoms with Crippen LogP contribution in [0.1, 0.15) is 19.3 Å². The van der Waals surface area contributed by atoms with Gasteiger partial charge in [-0.1, -0.05) is 0 Å². The van der Waals surface area contributed by atoms with E-state index in [1.165, 1.54) is 12.1 Å². The summed E-state index contributed by atoms with van der Waals surface area (Å²) in [4.78, 5) is 9.99. The maximum absolute atomic E-state index is 12.5. The minimum atomic E-state index is -0.265. The molecule has 3 heteroatoms. The summed E-state index contributed by atoms with van der Waals surface area (Å²) in [6.07, 6.45) is 3.16. The van der Waals surface area contributed by atoms with E-state index >= 15 is 0 Å². The van der Waals surface area contributed by atoms with E-state index in [0.717, 1.165) is 19.1 Å².